The van der Waals surface area contributed by atoms with Crippen molar-refractivity contribution in [2.45, 2.75) is 128 Å². The SMILES string of the molecule is CCCCC(=O)Oc1ccc(C23OC(=O)C(=C4CCCCC4)C2C2(c4ccc(OC(=O)CCCC)cc4)OC(=O)C(=C4CCCCC4)C32)cc1. The first kappa shape index (κ1) is 34.3. The Morgan fingerprint density at radius 3 is 1.30 bits per heavy atom. The number of esters is 4. The minimum absolute atomic E-state index is 0.284. The predicted molar refractivity (Wildman–Crippen MR) is 186 cm³/mol. The van der Waals surface area contributed by atoms with E-state index in [1.54, 1.807) is 24.3 Å². The van der Waals surface area contributed by atoms with Crippen LogP contribution in [0.1, 0.15) is 128 Å². The van der Waals surface area contributed by atoms with Crippen LogP contribution in [0.15, 0.2) is 70.8 Å². The Morgan fingerprint density at radius 1 is 0.600 bits per heavy atom. The van der Waals surface area contributed by atoms with Gasteiger partial charge in [-0.25, -0.2) is 9.59 Å². The van der Waals surface area contributed by atoms with Gasteiger partial charge in [0, 0.05) is 24.0 Å². The fourth-order valence-corrected chi connectivity index (χ4v) is 9.17. The summed E-state index contributed by atoms with van der Waals surface area (Å²) in [4.78, 5) is 53.5. The molecule has 264 valence electrons. The van der Waals surface area contributed by atoms with Gasteiger partial charge in [-0.1, -0.05) is 74.9 Å². The number of rotatable bonds is 10. The quantitative estimate of drug-likeness (QED) is 0.139. The van der Waals surface area contributed by atoms with E-state index in [9.17, 15) is 19.2 Å². The molecule has 0 spiro atoms. The molecule has 2 aliphatic heterocycles. The zero-order valence-corrected chi connectivity index (χ0v) is 29.4. The van der Waals surface area contributed by atoms with Crippen molar-refractivity contribution < 1.29 is 38.1 Å². The first-order valence-corrected chi connectivity index (χ1v) is 18.9. The summed E-state index contributed by atoms with van der Waals surface area (Å²) in [6, 6.07) is 14.6. The topological polar surface area (TPSA) is 105 Å². The normalized spacial score (nSPS) is 27.2. The summed E-state index contributed by atoms with van der Waals surface area (Å²) in [5.41, 5.74) is 2.59. The molecule has 5 aliphatic rings. The highest BCUT2D eigenvalue weighted by atomic mass is 16.6. The van der Waals surface area contributed by atoms with E-state index >= 15 is 0 Å². The van der Waals surface area contributed by atoms with Crippen LogP contribution in [0.5, 0.6) is 11.5 Å². The maximum Gasteiger partial charge on any atom is 0.335 e. The van der Waals surface area contributed by atoms with Gasteiger partial charge in [0.25, 0.3) is 0 Å². The molecule has 8 nitrogen and oxygen atoms in total. The summed E-state index contributed by atoms with van der Waals surface area (Å²) < 4.78 is 24.6. The van der Waals surface area contributed by atoms with Crippen molar-refractivity contribution >= 4 is 23.9 Å². The van der Waals surface area contributed by atoms with Crippen LogP contribution >= 0.6 is 0 Å². The van der Waals surface area contributed by atoms with E-state index in [4.69, 9.17) is 18.9 Å². The molecule has 2 aromatic carbocycles. The largest absolute Gasteiger partial charge is 0.449 e. The molecule has 0 N–H and O–H groups in total. The number of benzene rings is 2. The van der Waals surface area contributed by atoms with Crippen LogP contribution < -0.4 is 9.47 Å². The van der Waals surface area contributed by atoms with Gasteiger partial charge in [-0.2, -0.15) is 0 Å². The molecule has 8 heteroatoms. The highest BCUT2D eigenvalue weighted by Gasteiger charge is 2.85. The summed E-state index contributed by atoms with van der Waals surface area (Å²) in [5.74, 6) is -1.57. The molecule has 0 radical (unpaired) electrons. The molecular formula is C42H48O8. The van der Waals surface area contributed by atoms with E-state index in [2.05, 4.69) is 0 Å². The standard InChI is InChI=1S/C42H48O8/c1-3-5-17-33(43)47-31-23-19-29(20-24-31)41-37(35(39(45)49-41)27-13-9-7-10-14-27)42(30-21-25-32(26-22-30)48-34(44)18-6-4-2)38(41)36(40(46)50-42)28-15-11-8-12-16-28/h19-26,37-38H,3-18H2,1-2H3. The van der Waals surface area contributed by atoms with Gasteiger partial charge in [0.1, 0.15) is 11.5 Å². The third-order valence-electron chi connectivity index (χ3n) is 11.5. The average molecular weight is 681 g/mol. The number of allylic oxidation sites excluding steroid dienone is 2. The molecule has 5 fully saturated rings. The molecule has 2 heterocycles. The van der Waals surface area contributed by atoms with Crippen molar-refractivity contribution in [1.29, 1.82) is 0 Å². The molecule has 0 bridgehead atoms. The van der Waals surface area contributed by atoms with Gasteiger partial charge < -0.3 is 18.9 Å². The van der Waals surface area contributed by atoms with Crippen LogP contribution in [0.25, 0.3) is 0 Å². The fourth-order valence-electron chi connectivity index (χ4n) is 9.17. The van der Waals surface area contributed by atoms with E-state index < -0.39 is 23.0 Å². The Kier molecular flexibility index (Phi) is 9.73. The van der Waals surface area contributed by atoms with Gasteiger partial charge in [0.2, 0.25) is 0 Å². The van der Waals surface area contributed by atoms with Gasteiger partial charge in [0.05, 0.1) is 11.8 Å². The molecule has 0 aromatic heterocycles. The van der Waals surface area contributed by atoms with Crippen LogP contribution in [0.2, 0.25) is 0 Å². The summed E-state index contributed by atoms with van der Waals surface area (Å²) in [6.45, 7) is 4.06. The van der Waals surface area contributed by atoms with E-state index in [1.165, 1.54) is 0 Å². The van der Waals surface area contributed by atoms with Gasteiger partial charge in [-0.3, -0.25) is 9.59 Å². The summed E-state index contributed by atoms with van der Waals surface area (Å²) in [6.07, 6.45) is 13.4. The summed E-state index contributed by atoms with van der Waals surface area (Å²) in [7, 11) is 0. The highest BCUT2D eigenvalue weighted by molar-refractivity contribution is 6.00. The molecule has 0 atom stereocenters. The van der Waals surface area contributed by atoms with Crippen LogP contribution in [0.3, 0.4) is 0 Å². The van der Waals surface area contributed by atoms with Crippen molar-refractivity contribution in [3.63, 3.8) is 0 Å². The number of carbonyl (C=O) groups is 4. The lowest BCUT2D eigenvalue weighted by Gasteiger charge is -2.59. The van der Waals surface area contributed by atoms with Crippen molar-refractivity contribution in [2.24, 2.45) is 11.8 Å². The second-order valence-corrected chi connectivity index (χ2v) is 14.6. The molecule has 3 aliphatic carbocycles. The maximum absolute atomic E-state index is 14.3. The molecular weight excluding hydrogens is 632 g/mol. The van der Waals surface area contributed by atoms with E-state index in [0.717, 1.165) is 112 Å². The molecule has 0 unspecified atom stereocenters. The Balaban J connectivity index is 1.37. The summed E-state index contributed by atoms with van der Waals surface area (Å²) in [5, 5.41) is 0. The van der Waals surface area contributed by atoms with Gasteiger partial charge in [-0.15, -0.1) is 0 Å². The fraction of sp³-hybridized carbons (Fsp3) is 0.524. The smallest absolute Gasteiger partial charge is 0.335 e. The molecule has 0 amide bonds. The van der Waals surface area contributed by atoms with Crippen LogP contribution in [0.4, 0.5) is 0 Å². The molecule has 3 saturated carbocycles. The first-order valence-electron chi connectivity index (χ1n) is 18.9. The molecule has 50 heavy (non-hydrogen) atoms. The van der Waals surface area contributed by atoms with Crippen LogP contribution in [0, 0.1) is 11.8 Å². The lowest BCUT2D eigenvalue weighted by Crippen LogP contribution is -2.67. The molecule has 7 rings (SSSR count). The monoisotopic (exact) mass is 680 g/mol. The number of unbranched alkanes of at least 4 members (excludes halogenated alkanes) is 2. The average Bonchev–Trinajstić information content (AvgIpc) is 3.58. The Labute approximate surface area is 294 Å². The third-order valence-corrected chi connectivity index (χ3v) is 11.5. The first-order chi connectivity index (χ1) is 24.3. The van der Waals surface area contributed by atoms with Crippen molar-refractivity contribution in [3.8, 4) is 11.5 Å². The number of hydrogen-bond acceptors (Lipinski definition) is 8. The number of ether oxygens (including phenoxy) is 4. The van der Waals surface area contributed by atoms with Crippen molar-refractivity contribution in [2.75, 3.05) is 0 Å². The second kappa shape index (κ2) is 14.2. The van der Waals surface area contributed by atoms with Gasteiger partial charge >= 0.3 is 23.9 Å². The highest BCUT2D eigenvalue weighted by Crippen LogP contribution is 2.77. The maximum atomic E-state index is 14.3. The van der Waals surface area contributed by atoms with Crippen molar-refractivity contribution in [3.05, 3.63) is 82.0 Å². The third kappa shape index (κ3) is 5.78. The molecule has 2 aromatic rings. The van der Waals surface area contributed by atoms with Crippen LogP contribution in [-0.2, 0) is 39.9 Å². The number of fused-ring (bicyclic) bond motifs is 4. The number of carbonyl (C=O) groups excluding carboxylic acids is 4. The minimum atomic E-state index is -1.18. The second-order valence-electron chi connectivity index (χ2n) is 14.6. The van der Waals surface area contributed by atoms with Gasteiger partial charge in [0.15, 0.2) is 11.2 Å². The lowest BCUT2D eigenvalue weighted by molar-refractivity contribution is -0.250. The Bertz CT molecular complexity index is 1560. The van der Waals surface area contributed by atoms with E-state index in [1.807, 2.05) is 38.1 Å². The van der Waals surface area contributed by atoms with Crippen molar-refractivity contribution in [1.82, 2.24) is 0 Å². The van der Waals surface area contributed by atoms with E-state index in [0.29, 0.717) is 35.5 Å². The predicted octanol–water partition coefficient (Wildman–Crippen LogP) is 8.85. The minimum Gasteiger partial charge on any atom is -0.449 e. The zero-order valence-electron chi connectivity index (χ0n) is 29.4. The number of hydrogen-bond donors (Lipinski definition) is 0. The lowest BCUT2D eigenvalue weighted by atomic mass is 9.44. The zero-order chi connectivity index (χ0) is 34.9. The molecule has 2 saturated heterocycles. The Hall–Kier alpha value is -4.20. The van der Waals surface area contributed by atoms with Gasteiger partial charge in [-0.05, 0) is 99.6 Å². The summed E-state index contributed by atoms with van der Waals surface area (Å²) >= 11 is 0. The Morgan fingerprint density at radius 2 is 0.960 bits per heavy atom. The van der Waals surface area contributed by atoms with E-state index in [-0.39, 0.29) is 23.9 Å². The van der Waals surface area contributed by atoms with Crippen LogP contribution in [-0.4, -0.2) is 23.9 Å².